The van der Waals surface area contributed by atoms with Crippen molar-refractivity contribution < 1.29 is 9.21 Å². The zero-order chi connectivity index (χ0) is 22.8. The molecule has 0 unspecified atom stereocenters. The molecule has 0 atom stereocenters. The Morgan fingerprint density at radius 1 is 0.939 bits per heavy atom. The van der Waals surface area contributed by atoms with Gasteiger partial charge in [-0.3, -0.25) is 4.79 Å². The predicted octanol–water partition coefficient (Wildman–Crippen LogP) is 5.17. The molecule has 5 aromatic rings. The van der Waals surface area contributed by atoms with E-state index in [1.54, 1.807) is 0 Å². The van der Waals surface area contributed by atoms with Gasteiger partial charge in [0.15, 0.2) is 0 Å². The maximum Gasteiger partial charge on any atom is 0.247 e. The largest absolute Gasteiger partial charge is 0.421 e. The normalized spacial score (nSPS) is 11.1. The molecule has 0 aliphatic heterocycles. The monoisotopic (exact) mass is 437 g/mol. The summed E-state index contributed by atoms with van der Waals surface area (Å²) in [5.41, 5.74) is 5.78. The number of amides is 1. The first-order valence-corrected chi connectivity index (χ1v) is 10.8. The third kappa shape index (κ3) is 4.39. The van der Waals surface area contributed by atoms with Gasteiger partial charge in [-0.25, -0.2) is 4.98 Å². The third-order valence-corrected chi connectivity index (χ3v) is 5.55. The number of aryl methyl sites for hydroxylation is 3. The van der Waals surface area contributed by atoms with E-state index in [0.29, 0.717) is 18.2 Å². The van der Waals surface area contributed by atoms with Crippen molar-refractivity contribution in [2.45, 2.75) is 19.8 Å². The van der Waals surface area contributed by atoms with Gasteiger partial charge >= 0.3 is 0 Å². The summed E-state index contributed by atoms with van der Waals surface area (Å²) in [6, 6.07) is 23.6. The van der Waals surface area contributed by atoms with Gasteiger partial charge in [-0.15, -0.1) is 10.2 Å². The quantitative estimate of drug-likeness (QED) is 0.396. The summed E-state index contributed by atoms with van der Waals surface area (Å²) in [5, 5.41) is 11.1. The lowest BCUT2D eigenvalue weighted by Gasteiger charge is -2.06. The van der Waals surface area contributed by atoms with E-state index in [2.05, 4.69) is 20.1 Å². The average Bonchev–Trinajstić information content (AvgIpc) is 3.44. The summed E-state index contributed by atoms with van der Waals surface area (Å²) < 4.78 is 7.77. The van der Waals surface area contributed by atoms with E-state index in [-0.39, 0.29) is 12.3 Å². The number of para-hydroxylation sites is 2. The molecule has 33 heavy (non-hydrogen) atoms. The molecule has 3 aromatic carbocycles. The second-order valence-electron chi connectivity index (χ2n) is 7.98. The van der Waals surface area contributed by atoms with Gasteiger partial charge in [-0.05, 0) is 55.5 Å². The number of anilines is 1. The fourth-order valence-electron chi connectivity index (χ4n) is 3.72. The summed E-state index contributed by atoms with van der Waals surface area (Å²) in [6.07, 6.45) is 0.630. The van der Waals surface area contributed by atoms with Crippen molar-refractivity contribution in [1.29, 1.82) is 0 Å². The summed E-state index contributed by atoms with van der Waals surface area (Å²) in [4.78, 5) is 17.1. The van der Waals surface area contributed by atoms with Crippen LogP contribution >= 0.6 is 0 Å². The number of benzene rings is 3. The lowest BCUT2D eigenvalue weighted by molar-refractivity contribution is -0.116. The lowest BCUT2D eigenvalue weighted by atomic mass is 10.1. The smallest absolute Gasteiger partial charge is 0.247 e. The van der Waals surface area contributed by atoms with Gasteiger partial charge in [0.2, 0.25) is 17.7 Å². The topological polar surface area (TPSA) is 85.8 Å². The minimum absolute atomic E-state index is 0.111. The van der Waals surface area contributed by atoms with E-state index >= 15 is 0 Å². The van der Waals surface area contributed by atoms with Crippen LogP contribution in [0.2, 0.25) is 0 Å². The van der Waals surface area contributed by atoms with Crippen LogP contribution in [0.5, 0.6) is 0 Å². The summed E-state index contributed by atoms with van der Waals surface area (Å²) in [7, 11) is 2.00. The fourth-order valence-corrected chi connectivity index (χ4v) is 3.72. The molecule has 1 amide bonds. The Balaban J connectivity index is 1.20. The number of hydrogen-bond acceptors (Lipinski definition) is 5. The molecule has 0 bridgehead atoms. The van der Waals surface area contributed by atoms with E-state index in [9.17, 15) is 4.79 Å². The lowest BCUT2D eigenvalue weighted by Crippen LogP contribution is -2.12. The number of carbonyl (C=O) groups is 1. The Kier molecular flexibility index (Phi) is 5.44. The van der Waals surface area contributed by atoms with Crippen molar-refractivity contribution >= 4 is 22.6 Å². The van der Waals surface area contributed by atoms with Crippen LogP contribution in [0.3, 0.4) is 0 Å². The molecule has 0 fully saturated rings. The number of carbonyl (C=O) groups excluding carboxylic acids is 1. The first-order chi connectivity index (χ1) is 16.1. The van der Waals surface area contributed by atoms with Crippen LogP contribution in [-0.4, -0.2) is 25.7 Å². The number of nitrogens with zero attached hydrogens (tertiary/aromatic N) is 4. The van der Waals surface area contributed by atoms with E-state index in [0.717, 1.165) is 39.2 Å². The first-order valence-electron chi connectivity index (χ1n) is 10.8. The molecular formula is C26H23N5O2. The molecule has 7 heteroatoms. The van der Waals surface area contributed by atoms with Crippen molar-refractivity contribution in [3.05, 3.63) is 84.3 Å². The molecule has 0 spiro atoms. The Morgan fingerprint density at radius 3 is 2.42 bits per heavy atom. The van der Waals surface area contributed by atoms with Crippen LogP contribution in [0.1, 0.15) is 17.9 Å². The van der Waals surface area contributed by atoms with Gasteiger partial charge in [0.25, 0.3) is 0 Å². The van der Waals surface area contributed by atoms with Crippen LogP contribution in [0.15, 0.2) is 77.2 Å². The number of fused-ring (bicyclic) bond motifs is 1. The Hall–Kier alpha value is -4.26. The standard InChI is InChI=1S/C26H23N5O2/c1-17-7-9-19(10-8-17)26-30-29-24(33-26)16-15-23(32)27-20-13-11-18(12-14-20)25-28-21-5-3-4-6-22(21)31(25)2/h3-14H,15-16H2,1-2H3,(H,27,32). The molecular weight excluding hydrogens is 414 g/mol. The minimum atomic E-state index is -0.111. The van der Waals surface area contributed by atoms with Gasteiger partial charge < -0.3 is 14.3 Å². The number of rotatable bonds is 6. The zero-order valence-electron chi connectivity index (χ0n) is 18.4. The zero-order valence-corrected chi connectivity index (χ0v) is 18.4. The predicted molar refractivity (Wildman–Crippen MR) is 128 cm³/mol. The second kappa shape index (κ2) is 8.70. The van der Waals surface area contributed by atoms with Crippen LogP contribution in [0, 0.1) is 6.92 Å². The third-order valence-electron chi connectivity index (χ3n) is 5.55. The van der Waals surface area contributed by atoms with Crippen molar-refractivity contribution in [3.63, 3.8) is 0 Å². The van der Waals surface area contributed by atoms with Crippen molar-refractivity contribution in [2.75, 3.05) is 5.32 Å². The van der Waals surface area contributed by atoms with Gasteiger partial charge in [0.05, 0.1) is 11.0 Å². The van der Waals surface area contributed by atoms with Crippen LogP contribution in [-0.2, 0) is 18.3 Å². The Labute approximate surface area is 191 Å². The van der Waals surface area contributed by atoms with Gasteiger partial charge in [-0.1, -0.05) is 29.8 Å². The average molecular weight is 438 g/mol. The van der Waals surface area contributed by atoms with Crippen LogP contribution in [0.25, 0.3) is 33.9 Å². The Bertz CT molecular complexity index is 1420. The van der Waals surface area contributed by atoms with Gasteiger partial charge in [0.1, 0.15) is 5.82 Å². The Morgan fingerprint density at radius 2 is 1.67 bits per heavy atom. The van der Waals surface area contributed by atoms with Crippen LogP contribution in [0.4, 0.5) is 5.69 Å². The molecule has 0 saturated carbocycles. The highest BCUT2D eigenvalue weighted by Gasteiger charge is 2.12. The highest BCUT2D eigenvalue weighted by atomic mass is 16.4. The first kappa shape index (κ1) is 20.6. The fraction of sp³-hybridized carbons (Fsp3) is 0.154. The molecule has 0 radical (unpaired) electrons. The molecule has 1 N–H and O–H groups in total. The van der Waals surface area contributed by atoms with E-state index in [1.165, 1.54) is 0 Å². The molecule has 5 rings (SSSR count). The molecule has 0 aliphatic rings. The molecule has 2 heterocycles. The summed E-state index contributed by atoms with van der Waals surface area (Å²) in [6.45, 7) is 2.02. The number of hydrogen-bond donors (Lipinski definition) is 1. The summed E-state index contributed by atoms with van der Waals surface area (Å²) >= 11 is 0. The number of aromatic nitrogens is 4. The number of imidazole rings is 1. The van der Waals surface area contributed by atoms with Crippen molar-refractivity contribution in [1.82, 2.24) is 19.7 Å². The highest BCUT2D eigenvalue weighted by molar-refractivity contribution is 5.91. The summed E-state index contributed by atoms with van der Waals surface area (Å²) in [5.74, 6) is 1.68. The van der Waals surface area contributed by atoms with E-state index in [1.807, 2.05) is 86.8 Å². The van der Waals surface area contributed by atoms with Crippen molar-refractivity contribution in [2.24, 2.45) is 7.05 Å². The van der Waals surface area contributed by atoms with Gasteiger partial charge in [-0.2, -0.15) is 0 Å². The number of nitrogens with one attached hydrogen (secondary N) is 1. The molecule has 7 nitrogen and oxygen atoms in total. The molecule has 2 aromatic heterocycles. The van der Waals surface area contributed by atoms with E-state index < -0.39 is 0 Å². The second-order valence-corrected chi connectivity index (χ2v) is 7.98. The minimum Gasteiger partial charge on any atom is -0.421 e. The SMILES string of the molecule is Cc1ccc(-c2nnc(CCC(=O)Nc3ccc(-c4nc5ccccc5n4C)cc3)o2)cc1. The maximum atomic E-state index is 12.4. The van der Waals surface area contributed by atoms with Crippen molar-refractivity contribution in [3.8, 4) is 22.8 Å². The molecule has 164 valence electrons. The van der Waals surface area contributed by atoms with E-state index in [4.69, 9.17) is 9.40 Å². The maximum absolute atomic E-state index is 12.4. The molecule has 0 saturated heterocycles. The highest BCUT2D eigenvalue weighted by Crippen LogP contribution is 2.25. The van der Waals surface area contributed by atoms with Crippen LogP contribution < -0.4 is 5.32 Å². The molecule has 0 aliphatic carbocycles. The van der Waals surface area contributed by atoms with Gasteiger partial charge in [0, 0.05) is 36.7 Å².